The van der Waals surface area contributed by atoms with Crippen molar-refractivity contribution in [3.8, 4) is 5.75 Å². The van der Waals surface area contributed by atoms with Gasteiger partial charge in [0.05, 0.1) is 19.2 Å². The molecule has 3 heterocycles. The van der Waals surface area contributed by atoms with E-state index in [9.17, 15) is 9.59 Å². The van der Waals surface area contributed by atoms with Crippen LogP contribution in [0.5, 0.6) is 5.75 Å². The normalized spacial score (nSPS) is 14.0. The summed E-state index contributed by atoms with van der Waals surface area (Å²) in [5.74, 6) is 0.0909. The van der Waals surface area contributed by atoms with Crippen LogP contribution in [0.2, 0.25) is 0 Å². The Morgan fingerprint density at radius 2 is 1.86 bits per heavy atom. The number of aromatic nitrogens is 2. The van der Waals surface area contributed by atoms with Crippen molar-refractivity contribution in [1.82, 2.24) is 25.5 Å². The molecule has 1 amide bonds. The van der Waals surface area contributed by atoms with Gasteiger partial charge in [0.25, 0.3) is 0 Å². The number of likely N-dealkylation sites (tertiary alicyclic amines) is 1. The van der Waals surface area contributed by atoms with Crippen molar-refractivity contribution in [3.63, 3.8) is 0 Å². The summed E-state index contributed by atoms with van der Waals surface area (Å²) in [6.45, 7) is 3.89. The fraction of sp³-hybridized carbons (Fsp3) is 0.346. The van der Waals surface area contributed by atoms with Gasteiger partial charge >= 0.3 is 5.97 Å². The quantitative estimate of drug-likeness (QED) is 0.372. The van der Waals surface area contributed by atoms with E-state index in [-0.39, 0.29) is 17.5 Å². The average molecular weight is 480 g/mol. The molecule has 1 aliphatic heterocycles. The molecule has 1 saturated heterocycles. The van der Waals surface area contributed by atoms with Crippen LogP contribution in [0.1, 0.15) is 34.5 Å². The van der Waals surface area contributed by atoms with Crippen LogP contribution in [0.3, 0.4) is 0 Å². The first-order chi connectivity index (χ1) is 17.0. The van der Waals surface area contributed by atoms with Crippen molar-refractivity contribution in [3.05, 3.63) is 83.9 Å². The second kappa shape index (κ2) is 13.9. The molecule has 0 atom stereocenters. The number of ether oxygens (including phenoxy) is 1. The SMILES string of the molecule is COc1ccccc1CN1CCC(NC(=O)CNCc2ccc[nH]2)CC1.O=C(O)c1ccncc1. The number of benzene rings is 1. The molecule has 0 saturated carbocycles. The van der Waals surface area contributed by atoms with E-state index in [1.165, 1.54) is 30.1 Å². The first kappa shape index (κ1) is 25.9. The number of nitrogens with one attached hydrogen (secondary N) is 3. The smallest absolute Gasteiger partial charge is 0.335 e. The Kier molecular flexibility index (Phi) is 10.3. The number of para-hydroxylation sites is 1. The van der Waals surface area contributed by atoms with Crippen molar-refractivity contribution < 1.29 is 19.4 Å². The Morgan fingerprint density at radius 1 is 1.11 bits per heavy atom. The van der Waals surface area contributed by atoms with Crippen molar-refractivity contribution in [2.45, 2.75) is 32.0 Å². The number of amides is 1. The molecule has 186 valence electrons. The summed E-state index contributed by atoms with van der Waals surface area (Å²) in [7, 11) is 1.71. The zero-order valence-corrected chi connectivity index (χ0v) is 19.9. The van der Waals surface area contributed by atoms with Crippen LogP contribution in [0.4, 0.5) is 0 Å². The Bertz CT molecular complexity index is 1030. The molecule has 0 bridgehead atoms. The highest BCUT2D eigenvalue weighted by molar-refractivity contribution is 5.87. The minimum atomic E-state index is -0.919. The number of aromatic amines is 1. The highest BCUT2D eigenvalue weighted by atomic mass is 16.5. The number of carbonyl (C=O) groups excluding carboxylic acids is 1. The maximum Gasteiger partial charge on any atom is 0.335 e. The second-order valence-electron chi connectivity index (χ2n) is 8.27. The maximum absolute atomic E-state index is 12.1. The molecule has 4 rings (SSSR count). The number of carboxylic acid groups (broad SMARTS) is 1. The summed E-state index contributed by atoms with van der Waals surface area (Å²) in [5.41, 5.74) is 2.57. The first-order valence-corrected chi connectivity index (χ1v) is 11.6. The average Bonchev–Trinajstić information content (AvgIpc) is 3.40. The van der Waals surface area contributed by atoms with Crippen LogP contribution >= 0.6 is 0 Å². The number of nitrogens with zero attached hydrogens (tertiary/aromatic N) is 2. The summed E-state index contributed by atoms with van der Waals surface area (Å²) < 4.78 is 5.43. The lowest BCUT2D eigenvalue weighted by Crippen LogP contribution is -2.46. The number of carboxylic acids is 1. The van der Waals surface area contributed by atoms with Crippen molar-refractivity contribution >= 4 is 11.9 Å². The van der Waals surface area contributed by atoms with Crippen LogP contribution in [0.15, 0.2) is 67.1 Å². The van der Waals surface area contributed by atoms with Gasteiger partial charge in [-0.15, -0.1) is 0 Å². The summed E-state index contributed by atoms with van der Waals surface area (Å²) in [6.07, 6.45) is 6.75. The third-order valence-corrected chi connectivity index (χ3v) is 5.73. The van der Waals surface area contributed by atoms with E-state index in [1.54, 1.807) is 7.11 Å². The number of aromatic carboxylic acids is 1. The van der Waals surface area contributed by atoms with Gasteiger partial charge in [-0.1, -0.05) is 18.2 Å². The van der Waals surface area contributed by atoms with Crippen molar-refractivity contribution in [2.75, 3.05) is 26.7 Å². The van der Waals surface area contributed by atoms with Gasteiger partial charge in [0.1, 0.15) is 5.75 Å². The summed E-state index contributed by atoms with van der Waals surface area (Å²) in [5, 5.41) is 14.7. The molecule has 9 nitrogen and oxygen atoms in total. The number of carbonyl (C=O) groups is 2. The molecule has 3 aromatic rings. The fourth-order valence-corrected chi connectivity index (χ4v) is 3.87. The number of methoxy groups -OCH3 is 1. The Morgan fingerprint density at radius 3 is 2.49 bits per heavy atom. The van der Waals surface area contributed by atoms with E-state index in [0.29, 0.717) is 13.1 Å². The van der Waals surface area contributed by atoms with Gasteiger partial charge in [-0.05, 0) is 43.2 Å². The number of hydrogen-bond acceptors (Lipinski definition) is 6. The molecule has 9 heteroatoms. The van der Waals surface area contributed by atoms with Crippen molar-refractivity contribution in [2.24, 2.45) is 0 Å². The molecule has 35 heavy (non-hydrogen) atoms. The molecule has 0 unspecified atom stereocenters. The number of hydrogen-bond donors (Lipinski definition) is 4. The van der Waals surface area contributed by atoms with E-state index in [1.807, 2.05) is 36.5 Å². The number of H-pyrrole nitrogens is 1. The van der Waals surface area contributed by atoms with Gasteiger partial charge < -0.3 is 25.5 Å². The van der Waals surface area contributed by atoms with E-state index in [0.717, 1.165) is 43.9 Å². The van der Waals surface area contributed by atoms with Crippen LogP contribution < -0.4 is 15.4 Å². The van der Waals surface area contributed by atoms with Gasteiger partial charge in [-0.2, -0.15) is 0 Å². The van der Waals surface area contributed by atoms with Gasteiger partial charge in [0, 0.05) is 62.1 Å². The van der Waals surface area contributed by atoms with Gasteiger partial charge in [-0.25, -0.2) is 4.79 Å². The van der Waals surface area contributed by atoms with Gasteiger partial charge in [0.15, 0.2) is 0 Å². The second-order valence-corrected chi connectivity index (χ2v) is 8.27. The van der Waals surface area contributed by atoms with E-state index in [2.05, 4.69) is 31.6 Å². The molecule has 1 fully saturated rings. The molecular formula is C26H33N5O4. The molecule has 0 spiro atoms. The molecule has 0 aliphatic carbocycles. The maximum atomic E-state index is 12.1. The topological polar surface area (TPSA) is 120 Å². The summed E-state index contributed by atoms with van der Waals surface area (Å²) in [6, 6.07) is 15.3. The standard InChI is InChI=1S/C20H28N4O2.C6H5NO2/c1-26-19-7-3-2-5-16(19)15-24-11-8-17(9-12-24)23-20(25)14-21-13-18-6-4-10-22-18;8-6(9)5-1-3-7-4-2-5/h2-7,10,17,21-22H,8-9,11-15H2,1H3,(H,23,25);1-4H,(H,8,9). The van der Waals surface area contributed by atoms with E-state index < -0.39 is 5.97 Å². The lowest BCUT2D eigenvalue weighted by Gasteiger charge is -2.32. The largest absolute Gasteiger partial charge is 0.496 e. The number of rotatable bonds is 9. The van der Waals surface area contributed by atoms with Crippen LogP contribution in [0, 0.1) is 0 Å². The van der Waals surface area contributed by atoms with Crippen molar-refractivity contribution in [1.29, 1.82) is 0 Å². The first-order valence-electron chi connectivity index (χ1n) is 11.6. The Labute approximate surface area is 205 Å². The molecule has 2 aromatic heterocycles. The van der Waals surface area contributed by atoms with Gasteiger partial charge in [0.2, 0.25) is 5.91 Å². The molecule has 4 N–H and O–H groups in total. The fourth-order valence-electron chi connectivity index (χ4n) is 3.87. The predicted molar refractivity (Wildman–Crippen MR) is 133 cm³/mol. The highest BCUT2D eigenvalue weighted by Crippen LogP contribution is 2.21. The summed E-state index contributed by atoms with van der Waals surface area (Å²) in [4.78, 5) is 31.5. The Balaban J connectivity index is 0.000000320. The van der Waals surface area contributed by atoms with Gasteiger partial charge in [-0.3, -0.25) is 14.7 Å². The van der Waals surface area contributed by atoms with E-state index >= 15 is 0 Å². The minimum absolute atomic E-state index is 0.0692. The lowest BCUT2D eigenvalue weighted by molar-refractivity contribution is -0.121. The highest BCUT2D eigenvalue weighted by Gasteiger charge is 2.21. The molecular weight excluding hydrogens is 446 g/mol. The minimum Gasteiger partial charge on any atom is -0.496 e. The third-order valence-electron chi connectivity index (χ3n) is 5.73. The zero-order valence-electron chi connectivity index (χ0n) is 19.9. The molecule has 1 aliphatic rings. The van der Waals surface area contributed by atoms with E-state index in [4.69, 9.17) is 9.84 Å². The Hall–Kier alpha value is -3.69. The number of piperidine rings is 1. The third kappa shape index (κ3) is 8.88. The van der Waals surface area contributed by atoms with Crippen LogP contribution in [-0.2, 0) is 17.9 Å². The number of pyridine rings is 1. The molecule has 0 radical (unpaired) electrons. The zero-order chi connectivity index (χ0) is 24.9. The summed E-state index contributed by atoms with van der Waals surface area (Å²) >= 11 is 0. The lowest BCUT2D eigenvalue weighted by atomic mass is 10.0. The van der Waals surface area contributed by atoms with Crippen LogP contribution in [0.25, 0.3) is 0 Å². The predicted octanol–water partition coefficient (Wildman–Crippen LogP) is 2.67. The monoisotopic (exact) mass is 479 g/mol. The molecule has 1 aromatic carbocycles. The van der Waals surface area contributed by atoms with Crippen LogP contribution in [-0.4, -0.2) is 64.6 Å².